The number of rotatable bonds is 7. The van der Waals surface area contributed by atoms with Gasteiger partial charge in [0.2, 0.25) is 15.9 Å². The van der Waals surface area contributed by atoms with E-state index in [1.165, 1.54) is 4.31 Å². The summed E-state index contributed by atoms with van der Waals surface area (Å²) in [6.45, 7) is 9.26. The van der Waals surface area contributed by atoms with Crippen LogP contribution in [0.25, 0.3) is 10.2 Å². The number of nitrogens with one attached hydrogen (secondary N) is 1. The van der Waals surface area contributed by atoms with Crippen LogP contribution in [-0.2, 0) is 21.4 Å². The van der Waals surface area contributed by atoms with Crippen LogP contribution in [-0.4, -0.2) is 41.8 Å². The van der Waals surface area contributed by atoms with Crippen molar-refractivity contribution in [3.8, 4) is 0 Å². The maximum absolute atomic E-state index is 13.1. The molecule has 1 N–H and O–H groups in total. The minimum absolute atomic E-state index is 0.00218. The molecule has 3 rings (SSSR count). The largest absolute Gasteiger partial charge is 0.351 e. The Labute approximate surface area is 182 Å². The fraction of sp³-hybridized carbons (Fsp3) is 0.619. The number of carbonyl (C=O) groups is 1. The average molecular weight is 454 g/mol. The zero-order valence-corrected chi connectivity index (χ0v) is 19.7. The highest BCUT2D eigenvalue weighted by atomic mass is 32.2. The number of carbonyl (C=O) groups excluding carboxylic acids is 1. The van der Waals surface area contributed by atoms with Crippen molar-refractivity contribution in [3.63, 3.8) is 0 Å². The molecule has 30 heavy (non-hydrogen) atoms. The third-order valence-corrected chi connectivity index (χ3v) is 8.73. The van der Waals surface area contributed by atoms with Crippen LogP contribution in [0.1, 0.15) is 53.4 Å². The minimum Gasteiger partial charge on any atom is -0.351 e. The highest BCUT2D eigenvalue weighted by molar-refractivity contribution is 7.89. The zero-order valence-electron chi connectivity index (χ0n) is 18.1. The lowest BCUT2D eigenvalue weighted by Crippen LogP contribution is -2.48. The van der Waals surface area contributed by atoms with Crippen LogP contribution >= 0.6 is 11.3 Å². The molecule has 0 aliphatic carbocycles. The molecule has 1 aliphatic rings. The van der Waals surface area contributed by atoms with E-state index < -0.39 is 10.0 Å². The van der Waals surface area contributed by atoms with Gasteiger partial charge < -0.3 is 5.32 Å². The number of fused-ring (bicyclic) bond motifs is 1. The molecule has 1 amide bonds. The van der Waals surface area contributed by atoms with Crippen LogP contribution in [0.15, 0.2) is 27.9 Å². The summed E-state index contributed by atoms with van der Waals surface area (Å²) in [5.41, 5.74) is 0.519. The van der Waals surface area contributed by atoms with E-state index in [1.807, 2.05) is 27.7 Å². The predicted octanol–water partition coefficient (Wildman–Crippen LogP) is 3.18. The van der Waals surface area contributed by atoms with Gasteiger partial charge in [-0.05, 0) is 57.7 Å². The highest BCUT2D eigenvalue weighted by Crippen LogP contribution is 2.28. The van der Waals surface area contributed by atoms with Gasteiger partial charge in [-0.2, -0.15) is 4.31 Å². The van der Waals surface area contributed by atoms with Gasteiger partial charge in [-0.15, -0.1) is 0 Å². The number of hydrogen-bond donors (Lipinski definition) is 1. The molecule has 166 valence electrons. The number of amides is 1. The van der Waals surface area contributed by atoms with Crippen molar-refractivity contribution in [2.45, 2.75) is 70.4 Å². The third kappa shape index (κ3) is 4.63. The number of piperidine rings is 1. The average Bonchev–Trinajstić information content (AvgIpc) is 3.02. The van der Waals surface area contributed by atoms with E-state index in [2.05, 4.69) is 5.32 Å². The van der Waals surface area contributed by atoms with Gasteiger partial charge in [0.25, 0.3) is 0 Å². The van der Waals surface area contributed by atoms with Gasteiger partial charge in [0, 0.05) is 31.1 Å². The first-order chi connectivity index (χ1) is 14.1. The molecular formula is C21H31N3O4S2. The Morgan fingerprint density at radius 1 is 1.23 bits per heavy atom. The monoisotopic (exact) mass is 453 g/mol. The summed E-state index contributed by atoms with van der Waals surface area (Å²) < 4.78 is 30.1. The van der Waals surface area contributed by atoms with Crippen molar-refractivity contribution in [3.05, 3.63) is 27.9 Å². The molecule has 1 aromatic heterocycles. The fourth-order valence-electron chi connectivity index (χ4n) is 3.67. The lowest BCUT2D eigenvalue weighted by Gasteiger charge is -2.33. The van der Waals surface area contributed by atoms with Crippen LogP contribution < -0.4 is 10.2 Å². The van der Waals surface area contributed by atoms with Gasteiger partial charge in [0.05, 0.1) is 15.1 Å². The van der Waals surface area contributed by atoms with Gasteiger partial charge in [0.15, 0.2) is 0 Å². The molecular weight excluding hydrogens is 422 g/mol. The molecule has 0 spiro atoms. The third-order valence-electron chi connectivity index (χ3n) is 5.89. The van der Waals surface area contributed by atoms with E-state index in [4.69, 9.17) is 0 Å². The van der Waals surface area contributed by atoms with Gasteiger partial charge in [-0.1, -0.05) is 25.2 Å². The standard InChI is InChI=1S/C21H31N3O4S2/c1-5-11-24-17-8-7-16(14-18(17)29-20(24)26)30(27,28)23-12-9-15(10-13-23)19(25)22-21(3,4)6-2/h7-8,14-15H,5-6,9-13H2,1-4H3,(H,22,25). The first-order valence-corrected chi connectivity index (χ1v) is 12.8. The number of sulfonamides is 1. The lowest BCUT2D eigenvalue weighted by atomic mass is 9.94. The summed E-state index contributed by atoms with van der Waals surface area (Å²) in [5, 5.41) is 3.06. The van der Waals surface area contributed by atoms with E-state index in [1.54, 1.807) is 22.8 Å². The molecule has 0 bridgehead atoms. The van der Waals surface area contributed by atoms with Crippen LogP contribution in [0.4, 0.5) is 0 Å². The van der Waals surface area contributed by atoms with Crippen LogP contribution in [0.5, 0.6) is 0 Å². The molecule has 0 radical (unpaired) electrons. The summed E-state index contributed by atoms with van der Waals surface area (Å²) >= 11 is 1.08. The number of aryl methyl sites for hydroxylation is 1. The maximum atomic E-state index is 13.1. The predicted molar refractivity (Wildman–Crippen MR) is 120 cm³/mol. The van der Waals surface area contributed by atoms with Crippen molar-refractivity contribution in [2.24, 2.45) is 5.92 Å². The van der Waals surface area contributed by atoms with Gasteiger partial charge in [-0.25, -0.2) is 8.42 Å². The molecule has 1 saturated heterocycles. The summed E-state index contributed by atoms with van der Waals surface area (Å²) in [6, 6.07) is 4.91. The topological polar surface area (TPSA) is 88.5 Å². The fourth-order valence-corrected chi connectivity index (χ4v) is 6.20. The van der Waals surface area contributed by atoms with Gasteiger partial charge in [0.1, 0.15) is 0 Å². The Bertz CT molecular complexity index is 1080. The maximum Gasteiger partial charge on any atom is 0.308 e. The Balaban J connectivity index is 1.74. The van der Waals surface area contributed by atoms with E-state index in [0.717, 1.165) is 29.7 Å². The molecule has 0 unspecified atom stereocenters. The number of aromatic nitrogens is 1. The summed E-state index contributed by atoms with van der Waals surface area (Å²) in [7, 11) is -3.66. The van der Waals surface area contributed by atoms with E-state index >= 15 is 0 Å². The van der Waals surface area contributed by atoms with Crippen molar-refractivity contribution in [2.75, 3.05) is 13.1 Å². The Kier molecular flexibility index (Phi) is 6.74. The van der Waals surface area contributed by atoms with Crippen molar-refractivity contribution < 1.29 is 13.2 Å². The Morgan fingerprint density at radius 3 is 2.50 bits per heavy atom. The quantitative estimate of drug-likeness (QED) is 0.697. The van der Waals surface area contributed by atoms with Crippen LogP contribution in [0.2, 0.25) is 0 Å². The smallest absolute Gasteiger partial charge is 0.308 e. The van der Waals surface area contributed by atoms with E-state index in [9.17, 15) is 18.0 Å². The SMILES string of the molecule is CCCn1c(=O)sc2cc(S(=O)(=O)N3CCC(C(=O)NC(C)(C)CC)CC3)ccc21. The summed E-state index contributed by atoms with van der Waals surface area (Å²) in [6.07, 6.45) is 2.69. The molecule has 1 aliphatic heterocycles. The lowest BCUT2D eigenvalue weighted by molar-refractivity contribution is -0.127. The van der Waals surface area contributed by atoms with Crippen molar-refractivity contribution in [1.82, 2.24) is 14.2 Å². The second-order valence-electron chi connectivity index (χ2n) is 8.55. The number of thiazole rings is 1. The molecule has 7 nitrogen and oxygen atoms in total. The highest BCUT2D eigenvalue weighted by Gasteiger charge is 2.33. The van der Waals surface area contributed by atoms with Crippen LogP contribution in [0, 0.1) is 5.92 Å². The van der Waals surface area contributed by atoms with Crippen molar-refractivity contribution in [1.29, 1.82) is 0 Å². The molecule has 1 fully saturated rings. The van der Waals surface area contributed by atoms with Gasteiger partial charge >= 0.3 is 4.87 Å². The summed E-state index contributed by atoms with van der Waals surface area (Å²) in [4.78, 5) is 24.9. The molecule has 2 aromatic rings. The first kappa shape index (κ1) is 23.0. The summed E-state index contributed by atoms with van der Waals surface area (Å²) in [5.74, 6) is -0.166. The molecule has 2 heterocycles. The molecule has 0 saturated carbocycles. The number of hydrogen-bond acceptors (Lipinski definition) is 5. The molecule has 1 aromatic carbocycles. The number of benzene rings is 1. The van der Waals surface area contributed by atoms with Crippen molar-refractivity contribution >= 4 is 37.5 Å². The second-order valence-corrected chi connectivity index (χ2v) is 11.5. The van der Waals surface area contributed by atoms with Crippen LogP contribution in [0.3, 0.4) is 0 Å². The van der Waals surface area contributed by atoms with E-state index in [-0.39, 0.29) is 27.1 Å². The second kappa shape index (κ2) is 8.80. The molecule has 9 heteroatoms. The Hall–Kier alpha value is -1.71. The normalized spacial score (nSPS) is 16.8. The van der Waals surface area contributed by atoms with Gasteiger partial charge in [-0.3, -0.25) is 14.2 Å². The minimum atomic E-state index is -3.66. The Morgan fingerprint density at radius 2 is 1.90 bits per heavy atom. The first-order valence-electron chi connectivity index (χ1n) is 10.5. The zero-order chi connectivity index (χ0) is 22.1. The molecule has 0 atom stereocenters. The number of nitrogens with zero attached hydrogens (tertiary/aromatic N) is 2. The van der Waals surface area contributed by atoms with E-state index in [0.29, 0.717) is 37.2 Å².